The normalized spacial score (nSPS) is 20.4. The predicted molar refractivity (Wildman–Crippen MR) is 112 cm³/mol. The Bertz CT molecular complexity index is 1000. The number of fused-ring (bicyclic) bond motifs is 2. The highest BCUT2D eigenvalue weighted by Gasteiger charge is 2.25. The molecule has 5 nitrogen and oxygen atoms in total. The first-order valence-electron chi connectivity index (χ1n) is 10.4. The number of pyridine rings is 1. The summed E-state index contributed by atoms with van der Waals surface area (Å²) < 4.78 is 5.80. The lowest BCUT2D eigenvalue weighted by Crippen LogP contribution is -2.37. The zero-order valence-electron chi connectivity index (χ0n) is 16.7. The number of nitrogens with zero attached hydrogens (tertiary/aromatic N) is 2. The van der Waals surface area contributed by atoms with E-state index in [2.05, 4.69) is 52.2 Å². The molecule has 1 saturated heterocycles. The van der Waals surface area contributed by atoms with Crippen LogP contribution in [-0.4, -0.2) is 47.7 Å². The van der Waals surface area contributed by atoms with Crippen LogP contribution < -0.4 is 5.32 Å². The molecule has 2 aliphatic rings. The van der Waals surface area contributed by atoms with Gasteiger partial charge in [-0.15, -0.1) is 0 Å². The quantitative estimate of drug-likeness (QED) is 0.734. The maximum Gasteiger partial charge on any atom is 0.137 e. The molecule has 2 N–H and O–H groups in total. The SMILES string of the molecule is CCN1CCc2cc(-c3cnc4[nH]cc(C)c4c3)cc([C@@H]3COCCN3)c2C1. The molecule has 3 aromatic rings. The second kappa shape index (κ2) is 7.32. The van der Waals surface area contributed by atoms with E-state index in [1.54, 1.807) is 0 Å². The monoisotopic (exact) mass is 376 g/mol. The third-order valence-corrected chi connectivity index (χ3v) is 6.27. The van der Waals surface area contributed by atoms with Crippen LogP contribution >= 0.6 is 0 Å². The molecule has 146 valence electrons. The third kappa shape index (κ3) is 3.13. The number of aromatic amines is 1. The van der Waals surface area contributed by atoms with Gasteiger partial charge in [0.1, 0.15) is 5.65 Å². The van der Waals surface area contributed by atoms with Crippen molar-refractivity contribution in [2.45, 2.75) is 32.9 Å². The number of benzene rings is 1. The van der Waals surface area contributed by atoms with E-state index in [4.69, 9.17) is 4.74 Å². The van der Waals surface area contributed by atoms with Gasteiger partial charge in [-0.25, -0.2) is 4.98 Å². The largest absolute Gasteiger partial charge is 0.378 e. The van der Waals surface area contributed by atoms with E-state index >= 15 is 0 Å². The van der Waals surface area contributed by atoms with Gasteiger partial charge in [-0.05, 0) is 59.8 Å². The number of nitrogens with one attached hydrogen (secondary N) is 2. The van der Waals surface area contributed by atoms with Gasteiger partial charge in [0, 0.05) is 43.0 Å². The van der Waals surface area contributed by atoms with Crippen LogP contribution in [0.5, 0.6) is 0 Å². The summed E-state index contributed by atoms with van der Waals surface area (Å²) >= 11 is 0. The molecular weight excluding hydrogens is 348 g/mol. The van der Waals surface area contributed by atoms with Crippen LogP contribution in [0.15, 0.2) is 30.6 Å². The van der Waals surface area contributed by atoms with Crippen molar-refractivity contribution in [3.8, 4) is 11.1 Å². The second-order valence-corrected chi connectivity index (χ2v) is 8.00. The van der Waals surface area contributed by atoms with Crippen LogP contribution in [0, 0.1) is 6.92 Å². The first kappa shape index (κ1) is 17.9. The van der Waals surface area contributed by atoms with Crippen molar-refractivity contribution in [2.24, 2.45) is 0 Å². The molecule has 0 aliphatic carbocycles. The van der Waals surface area contributed by atoms with Crippen molar-refractivity contribution in [1.82, 2.24) is 20.2 Å². The zero-order chi connectivity index (χ0) is 19.1. The first-order valence-corrected chi connectivity index (χ1v) is 10.4. The van der Waals surface area contributed by atoms with E-state index in [9.17, 15) is 0 Å². The molecule has 0 unspecified atom stereocenters. The summed E-state index contributed by atoms with van der Waals surface area (Å²) in [5.74, 6) is 0. The number of rotatable bonds is 3. The Hall–Kier alpha value is -2.21. The lowest BCUT2D eigenvalue weighted by atomic mass is 9.87. The molecule has 0 spiro atoms. The summed E-state index contributed by atoms with van der Waals surface area (Å²) in [6.45, 7) is 10.1. The van der Waals surface area contributed by atoms with Crippen LogP contribution in [-0.2, 0) is 17.7 Å². The van der Waals surface area contributed by atoms with Crippen molar-refractivity contribution < 1.29 is 4.74 Å². The van der Waals surface area contributed by atoms with E-state index in [0.29, 0.717) is 0 Å². The van der Waals surface area contributed by atoms with Gasteiger partial charge in [-0.2, -0.15) is 0 Å². The summed E-state index contributed by atoms with van der Waals surface area (Å²) in [5.41, 5.74) is 9.03. The van der Waals surface area contributed by atoms with Crippen LogP contribution in [0.4, 0.5) is 0 Å². The predicted octanol–water partition coefficient (Wildman–Crippen LogP) is 3.58. The summed E-state index contributed by atoms with van der Waals surface area (Å²) in [6, 6.07) is 7.30. The van der Waals surface area contributed by atoms with Crippen LogP contribution in [0.25, 0.3) is 22.2 Å². The molecule has 28 heavy (non-hydrogen) atoms. The van der Waals surface area contributed by atoms with Crippen molar-refractivity contribution >= 4 is 11.0 Å². The number of morpholine rings is 1. The van der Waals surface area contributed by atoms with E-state index in [1.165, 1.54) is 38.8 Å². The number of aromatic nitrogens is 2. The lowest BCUT2D eigenvalue weighted by molar-refractivity contribution is 0.0762. The fourth-order valence-corrected chi connectivity index (χ4v) is 4.56. The van der Waals surface area contributed by atoms with Gasteiger partial charge in [-0.1, -0.05) is 13.0 Å². The molecule has 1 aromatic carbocycles. The van der Waals surface area contributed by atoms with Gasteiger partial charge in [0.25, 0.3) is 0 Å². The second-order valence-electron chi connectivity index (χ2n) is 8.00. The maximum absolute atomic E-state index is 5.80. The standard InChI is InChI=1S/C23H28N4O/c1-3-27-6-4-16-8-17(18-10-19-15(2)11-25-23(19)26-12-18)9-20(21(16)13-27)22-14-28-7-5-24-22/h8-12,22,24H,3-7,13-14H2,1-2H3,(H,25,26)/t22-/m0/s1. The minimum atomic E-state index is 0.268. The van der Waals surface area contributed by atoms with Gasteiger partial charge in [0.15, 0.2) is 0 Å². The van der Waals surface area contributed by atoms with E-state index in [0.717, 1.165) is 51.5 Å². The Morgan fingerprint density at radius 1 is 1.25 bits per heavy atom. The first-order chi connectivity index (χ1) is 13.7. The average molecular weight is 377 g/mol. The Morgan fingerprint density at radius 3 is 3.00 bits per heavy atom. The summed E-state index contributed by atoms with van der Waals surface area (Å²) in [5, 5.41) is 4.87. The highest BCUT2D eigenvalue weighted by Crippen LogP contribution is 2.34. The van der Waals surface area contributed by atoms with Gasteiger partial charge < -0.3 is 15.0 Å². The van der Waals surface area contributed by atoms with Gasteiger partial charge >= 0.3 is 0 Å². The van der Waals surface area contributed by atoms with E-state index in [1.807, 2.05) is 12.4 Å². The smallest absolute Gasteiger partial charge is 0.137 e. The third-order valence-electron chi connectivity index (χ3n) is 6.27. The molecule has 2 aromatic heterocycles. The highest BCUT2D eigenvalue weighted by molar-refractivity contribution is 5.84. The molecule has 1 atom stereocenters. The molecule has 0 saturated carbocycles. The molecule has 5 rings (SSSR count). The number of ether oxygens (including phenoxy) is 1. The van der Waals surface area contributed by atoms with Crippen molar-refractivity contribution in [1.29, 1.82) is 0 Å². The fourth-order valence-electron chi connectivity index (χ4n) is 4.56. The lowest BCUT2D eigenvalue weighted by Gasteiger charge is -2.33. The number of hydrogen-bond donors (Lipinski definition) is 2. The van der Waals surface area contributed by atoms with Gasteiger partial charge in [0.2, 0.25) is 0 Å². The molecule has 0 bridgehead atoms. The molecule has 1 fully saturated rings. The van der Waals surface area contributed by atoms with Gasteiger partial charge in [-0.3, -0.25) is 4.90 Å². The minimum absolute atomic E-state index is 0.268. The van der Waals surface area contributed by atoms with Crippen LogP contribution in [0.2, 0.25) is 0 Å². The fraction of sp³-hybridized carbons (Fsp3) is 0.435. The summed E-state index contributed by atoms with van der Waals surface area (Å²) in [4.78, 5) is 10.4. The Kier molecular flexibility index (Phi) is 4.67. The van der Waals surface area contributed by atoms with Crippen molar-refractivity contribution in [2.75, 3.05) is 32.8 Å². The van der Waals surface area contributed by atoms with Crippen molar-refractivity contribution in [3.63, 3.8) is 0 Å². The Labute approximate surface area is 166 Å². The molecule has 2 aliphatic heterocycles. The van der Waals surface area contributed by atoms with Gasteiger partial charge in [0.05, 0.1) is 19.3 Å². The number of likely N-dealkylation sites (N-methyl/N-ethyl adjacent to an activating group) is 1. The number of hydrogen-bond acceptors (Lipinski definition) is 4. The molecular formula is C23H28N4O. The highest BCUT2D eigenvalue weighted by atomic mass is 16.5. The van der Waals surface area contributed by atoms with Crippen molar-refractivity contribution in [3.05, 3.63) is 52.8 Å². The van der Waals surface area contributed by atoms with E-state index in [-0.39, 0.29) is 6.04 Å². The molecule has 0 radical (unpaired) electrons. The molecule has 4 heterocycles. The summed E-state index contributed by atoms with van der Waals surface area (Å²) in [6.07, 6.45) is 5.13. The topological polar surface area (TPSA) is 53.2 Å². The maximum atomic E-state index is 5.80. The van der Waals surface area contributed by atoms with Crippen LogP contribution in [0.1, 0.15) is 35.2 Å². The minimum Gasteiger partial charge on any atom is -0.378 e. The molecule has 0 amide bonds. The number of aryl methyl sites for hydroxylation is 1. The Morgan fingerprint density at radius 2 is 2.18 bits per heavy atom. The molecule has 5 heteroatoms. The average Bonchev–Trinajstić information content (AvgIpc) is 3.13. The number of H-pyrrole nitrogens is 1. The summed E-state index contributed by atoms with van der Waals surface area (Å²) in [7, 11) is 0. The van der Waals surface area contributed by atoms with Crippen LogP contribution in [0.3, 0.4) is 0 Å². The Balaban J connectivity index is 1.62. The van der Waals surface area contributed by atoms with E-state index < -0.39 is 0 Å². The zero-order valence-corrected chi connectivity index (χ0v) is 16.7.